The fourth-order valence-electron chi connectivity index (χ4n) is 3.54. The van der Waals surface area contributed by atoms with Gasteiger partial charge in [-0.05, 0) is 66.3 Å². The van der Waals surface area contributed by atoms with Gasteiger partial charge in [-0.15, -0.1) is 0 Å². The lowest BCUT2D eigenvalue weighted by atomic mass is 9.53. The van der Waals surface area contributed by atoms with Crippen molar-refractivity contribution >= 4 is 23.2 Å². The van der Waals surface area contributed by atoms with Gasteiger partial charge in [0.15, 0.2) is 0 Å². The first kappa shape index (κ1) is 19.0. The predicted molar refractivity (Wildman–Crippen MR) is 100 cm³/mol. The Hall–Kier alpha value is -2.76. The Bertz CT molecular complexity index is 832. The van der Waals surface area contributed by atoms with E-state index in [9.17, 15) is 18.4 Å². The summed E-state index contributed by atoms with van der Waals surface area (Å²) in [4.78, 5) is 24.8. The standard InChI is InChI=1S/C21H22F2N2O2/c1-21(2)13(12-19(26)24-16-7-3-14(22)4-8-16)11-18(21)20(27)25-17-9-5-15(23)6-10-17/h3-10,13,18H,11-12H2,1-2H3,(H,24,26)(H,25,27)/t13-,18-/m1/s1. The van der Waals surface area contributed by atoms with E-state index in [1.54, 1.807) is 0 Å². The molecule has 1 saturated carbocycles. The maximum atomic E-state index is 13.0. The Morgan fingerprint density at radius 1 is 0.926 bits per heavy atom. The molecule has 3 rings (SSSR count). The number of hydrogen-bond acceptors (Lipinski definition) is 2. The first-order valence-electron chi connectivity index (χ1n) is 8.87. The number of amides is 2. The van der Waals surface area contributed by atoms with Gasteiger partial charge in [0.25, 0.3) is 0 Å². The summed E-state index contributed by atoms with van der Waals surface area (Å²) in [5, 5.41) is 5.56. The third-order valence-corrected chi connectivity index (χ3v) is 5.46. The molecule has 1 aliphatic carbocycles. The van der Waals surface area contributed by atoms with Gasteiger partial charge in [-0.25, -0.2) is 8.78 Å². The van der Waals surface area contributed by atoms with Crippen LogP contribution in [0, 0.1) is 28.9 Å². The number of nitrogens with one attached hydrogen (secondary N) is 2. The Labute approximate surface area is 157 Å². The fourth-order valence-corrected chi connectivity index (χ4v) is 3.54. The lowest BCUT2D eigenvalue weighted by Crippen LogP contribution is -2.51. The van der Waals surface area contributed by atoms with Gasteiger partial charge in [0.05, 0.1) is 0 Å². The van der Waals surface area contributed by atoms with Crippen molar-refractivity contribution in [2.45, 2.75) is 26.7 Å². The highest BCUT2D eigenvalue weighted by Crippen LogP contribution is 2.53. The van der Waals surface area contributed by atoms with Crippen LogP contribution >= 0.6 is 0 Å². The molecule has 1 fully saturated rings. The van der Waals surface area contributed by atoms with Gasteiger partial charge >= 0.3 is 0 Å². The van der Waals surface area contributed by atoms with Gasteiger partial charge in [-0.3, -0.25) is 9.59 Å². The molecule has 0 aromatic heterocycles. The van der Waals surface area contributed by atoms with E-state index in [0.717, 1.165) is 0 Å². The van der Waals surface area contributed by atoms with Crippen molar-refractivity contribution in [3.63, 3.8) is 0 Å². The summed E-state index contributed by atoms with van der Waals surface area (Å²) in [6.45, 7) is 3.95. The van der Waals surface area contributed by atoms with Crippen LogP contribution in [-0.2, 0) is 9.59 Å². The SMILES string of the molecule is CC1(C)[C@@H](CC(=O)Nc2ccc(F)cc2)C[C@@H]1C(=O)Nc1ccc(F)cc1. The van der Waals surface area contributed by atoms with E-state index in [1.807, 2.05) is 13.8 Å². The van der Waals surface area contributed by atoms with Crippen LogP contribution in [-0.4, -0.2) is 11.8 Å². The molecule has 27 heavy (non-hydrogen) atoms. The Morgan fingerprint density at radius 3 is 1.89 bits per heavy atom. The van der Waals surface area contributed by atoms with E-state index in [1.165, 1.54) is 48.5 Å². The first-order valence-corrected chi connectivity index (χ1v) is 8.87. The number of carbonyl (C=O) groups is 2. The zero-order chi connectivity index (χ0) is 19.6. The largest absolute Gasteiger partial charge is 0.326 e. The lowest BCUT2D eigenvalue weighted by molar-refractivity contribution is -0.138. The van der Waals surface area contributed by atoms with E-state index >= 15 is 0 Å². The normalized spacial score (nSPS) is 20.4. The summed E-state index contributed by atoms with van der Waals surface area (Å²) < 4.78 is 25.9. The highest BCUT2D eigenvalue weighted by molar-refractivity contribution is 5.94. The molecule has 1 aliphatic rings. The average Bonchev–Trinajstić information content (AvgIpc) is 2.62. The molecule has 0 radical (unpaired) electrons. The minimum absolute atomic E-state index is 0.0712. The molecule has 6 heteroatoms. The highest BCUT2D eigenvalue weighted by Gasteiger charge is 2.51. The second-order valence-electron chi connectivity index (χ2n) is 7.56. The van der Waals surface area contributed by atoms with Crippen LogP contribution in [0.15, 0.2) is 48.5 Å². The minimum atomic E-state index is -0.358. The van der Waals surface area contributed by atoms with Crippen LogP contribution < -0.4 is 10.6 Å². The average molecular weight is 372 g/mol. The fraction of sp³-hybridized carbons (Fsp3) is 0.333. The van der Waals surface area contributed by atoms with Crippen molar-refractivity contribution in [1.29, 1.82) is 0 Å². The molecule has 0 unspecified atom stereocenters. The Balaban J connectivity index is 1.54. The number of benzene rings is 2. The second kappa shape index (κ2) is 7.47. The van der Waals surface area contributed by atoms with Crippen LogP contribution in [0.2, 0.25) is 0 Å². The van der Waals surface area contributed by atoms with Gasteiger partial charge in [0.2, 0.25) is 11.8 Å². The predicted octanol–water partition coefficient (Wildman–Crippen LogP) is 4.59. The summed E-state index contributed by atoms with van der Waals surface area (Å²) in [7, 11) is 0. The minimum Gasteiger partial charge on any atom is -0.326 e. The van der Waals surface area contributed by atoms with E-state index in [2.05, 4.69) is 10.6 Å². The number of anilines is 2. The molecule has 2 aromatic carbocycles. The number of carbonyl (C=O) groups excluding carboxylic acids is 2. The summed E-state index contributed by atoms with van der Waals surface area (Å²) >= 11 is 0. The zero-order valence-corrected chi connectivity index (χ0v) is 15.3. The highest BCUT2D eigenvalue weighted by atomic mass is 19.1. The molecule has 2 amide bonds. The number of rotatable bonds is 5. The van der Waals surface area contributed by atoms with E-state index < -0.39 is 0 Å². The Morgan fingerprint density at radius 2 is 1.41 bits per heavy atom. The van der Waals surface area contributed by atoms with Crippen molar-refractivity contribution in [2.75, 3.05) is 10.6 Å². The molecular weight excluding hydrogens is 350 g/mol. The van der Waals surface area contributed by atoms with E-state index in [0.29, 0.717) is 24.2 Å². The summed E-state index contributed by atoms with van der Waals surface area (Å²) in [6, 6.07) is 11.2. The molecule has 0 bridgehead atoms. The second-order valence-corrected chi connectivity index (χ2v) is 7.56. The first-order chi connectivity index (χ1) is 12.8. The van der Waals surface area contributed by atoms with Gasteiger partial charge in [-0.2, -0.15) is 0 Å². The smallest absolute Gasteiger partial charge is 0.228 e. The number of hydrogen-bond donors (Lipinski definition) is 2. The molecule has 2 aromatic rings. The van der Waals surface area contributed by atoms with E-state index in [-0.39, 0.29) is 40.7 Å². The molecule has 0 aliphatic heterocycles. The van der Waals surface area contributed by atoms with Gasteiger partial charge < -0.3 is 10.6 Å². The molecule has 2 atom stereocenters. The Kier molecular flexibility index (Phi) is 5.26. The summed E-state index contributed by atoms with van der Waals surface area (Å²) in [5.41, 5.74) is 0.767. The van der Waals surface area contributed by atoms with Gasteiger partial charge in [-0.1, -0.05) is 13.8 Å². The topological polar surface area (TPSA) is 58.2 Å². The summed E-state index contributed by atoms with van der Waals surface area (Å²) in [5.74, 6) is -1.14. The van der Waals surface area contributed by atoms with Crippen molar-refractivity contribution in [1.82, 2.24) is 0 Å². The van der Waals surface area contributed by atoms with Gasteiger partial charge in [0.1, 0.15) is 11.6 Å². The quantitative estimate of drug-likeness (QED) is 0.806. The van der Waals surface area contributed by atoms with Crippen LogP contribution in [0.1, 0.15) is 26.7 Å². The van der Waals surface area contributed by atoms with Crippen LogP contribution in [0.5, 0.6) is 0 Å². The molecule has 4 nitrogen and oxygen atoms in total. The number of halogens is 2. The van der Waals surface area contributed by atoms with Crippen LogP contribution in [0.3, 0.4) is 0 Å². The molecule has 142 valence electrons. The maximum absolute atomic E-state index is 13.0. The van der Waals surface area contributed by atoms with Crippen LogP contribution in [0.4, 0.5) is 20.2 Å². The maximum Gasteiger partial charge on any atom is 0.228 e. The van der Waals surface area contributed by atoms with Crippen molar-refractivity contribution in [2.24, 2.45) is 17.3 Å². The summed E-state index contributed by atoms with van der Waals surface area (Å²) in [6.07, 6.45) is 0.904. The third-order valence-electron chi connectivity index (χ3n) is 5.46. The van der Waals surface area contributed by atoms with Crippen molar-refractivity contribution in [3.8, 4) is 0 Å². The molecule has 2 N–H and O–H groups in total. The molecule has 0 saturated heterocycles. The van der Waals surface area contributed by atoms with Crippen LogP contribution in [0.25, 0.3) is 0 Å². The third kappa shape index (κ3) is 4.32. The van der Waals surface area contributed by atoms with Crippen molar-refractivity contribution in [3.05, 3.63) is 60.2 Å². The van der Waals surface area contributed by atoms with Crippen molar-refractivity contribution < 1.29 is 18.4 Å². The molecule has 0 heterocycles. The lowest BCUT2D eigenvalue weighted by Gasteiger charge is -2.51. The zero-order valence-electron chi connectivity index (χ0n) is 15.3. The monoisotopic (exact) mass is 372 g/mol. The molecular formula is C21H22F2N2O2. The van der Waals surface area contributed by atoms with E-state index in [4.69, 9.17) is 0 Å². The van der Waals surface area contributed by atoms with Gasteiger partial charge in [0, 0.05) is 23.7 Å². The molecule has 0 spiro atoms.